The van der Waals surface area contributed by atoms with E-state index in [2.05, 4.69) is 54.0 Å². The van der Waals surface area contributed by atoms with E-state index in [1.807, 2.05) is 0 Å². The molecule has 108 valence electrons. The Morgan fingerprint density at radius 2 is 1.74 bits per heavy atom. The molecule has 0 aliphatic rings. The van der Waals surface area contributed by atoms with Crippen LogP contribution in [0.5, 0.6) is 0 Å². The van der Waals surface area contributed by atoms with Gasteiger partial charge in [0.2, 0.25) is 0 Å². The van der Waals surface area contributed by atoms with E-state index < -0.39 is 0 Å². The van der Waals surface area contributed by atoms with E-state index >= 15 is 0 Å². The molecule has 0 aromatic heterocycles. The second-order valence-corrected chi connectivity index (χ2v) is 6.66. The van der Waals surface area contributed by atoms with Gasteiger partial charge < -0.3 is 4.74 Å². The van der Waals surface area contributed by atoms with Crippen molar-refractivity contribution in [1.29, 1.82) is 0 Å². The summed E-state index contributed by atoms with van der Waals surface area (Å²) in [5.41, 5.74) is 1.34. The van der Waals surface area contributed by atoms with Gasteiger partial charge in [-0.1, -0.05) is 41.9 Å². The molecule has 0 saturated heterocycles. The molecule has 0 heterocycles. The molecule has 0 bridgehead atoms. The molecular weight excluding hydrogens is 324 g/mol. The number of rotatable bonds is 9. The number of benzene rings is 1. The van der Waals surface area contributed by atoms with Crippen LogP contribution in [0.25, 0.3) is 0 Å². The normalized spacial score (nSPS) is 12.9. The van der Waals surface area contributed by atoms with E-state index in [4.69, 9.17) is 16.3 Å². The topological polar surface area (TPSA) is 9.23 Å². The molecule has 1 atom stereocenters. The number of ether oxygens (including phenoxy) is 1. The Hall–Kier alpha value is -0.0500. The van der Waals surface area contributed by atoms with Crippen LogP contribution in [-0.4, -0.2) is 19.1 Å². The Bertz CT molecular complexity index is 337. The Morgan fingerprint density at radius 1 is 1.11 bits per heavy atom. The average molecular weight is 348 g/mol. The first-order valence-electron chi connectivity index (χ1n) is 7.00. The van der Waals surface area contributed by atoms with E-state index in [1.165, 1.54) is 5.56 Å². The smallest absolute Gasteiger partial charge is 0.0469 e. The molecule has 0 N–H and O–H groups in total. The molecule has 1 aromatic rings. The van der Waals surface area contributed by atoms with Crippen molar-refractivity contribution in [1.82, 2.24) is 0 Å². The summed E-state index contributed by atoms with van der Waals surface area (Å²) in [5, 5.41) is 0. The largest absolute Gasteiger partial charge is 0.381 e. The van der Waals surface area contributed by atoms with Crippen LogP contribution < -0.4 is 0 Å². The molecule has 3 heteroatoms. The summed E-state index contributed by atoms with van der Waals surface area (Å²) in [6.45, 7) is 6.13. The van der Waals surface area contributed by atoms with Crippen molar-refractivity contribution in [3.8, 4) is 0 Å². The first kappa shape index (κ1) is 17.0. The van der Waals surface area contributed by atoms with Gasteiger partial charge in [0, 0.05) is 23.6 Å². The highest BCUT2D eigenvalue weighted by molar-refractivity contribution is 9.10. The third-order valence-electron chi connectivity index (χ3n) is 3.17. The first-order chi connectivity index (χ1) is 9.11. The lowest BCUT2D eigenvalue weighted by molar-refractivity contribution is 0.112. The minimum atomic E-state index is 0.502. The highest BCUT2D eigenvalue weighted by Crippen LogP contribution is 2.17. The van der Waals surface area contributed by atoms with Crippen LogP contribution >= 0.6 is 27.5 Å². The zero-order valence-electron chi connectivity index (χ0n) is 11.9. The zero-order chi connectivity index (χ0) is 14.1. The predicted octanol–water partition coefficient (Wildman–Crippen LogP) is 5.30. The number of halogens is 2. The van der Waals surface area contributed by atoms with Crippen LogP contribution in [-0.2, 0) is 11.2 Å². The Labute approximate surface area is 130 Å². The minimum absolute atomic E-state index is 0.502. The summed E-state index contributed by atoms with van der Waals surface area (Å²) in [7, 11) is 0. The van der Waals surface area contributed by atoms with Gasteiger partial charge in [-0.2, -0.15) is 0 Å². The van der Waals surface area contributed by atoms with Gasteiger partial charge in [0.05, 0.1) is 0 Å². The lowest BCUT2D eigenvalue weighted by Gasteiger charge is -2.14. The number of hydrogen-bond donors (Lipinski definition) is 0. The Morgan fingerprint density at radius 3 is 2.32 bits per heavy atom. The molecule has 0 saturated carbocycles. The van der Waals surface area contributed by atoms with Crippen molar-refractivity contribution >= 4 is 27.5 Å². The maximum atomic E-state index is 6.05. The van der Waals surface area contributed by atoms with Crippen LogP contribution in [0.2, 0.25) is 0 Å². The van der Waals surface area contributed by atoms with Crippen LogP contribution in [0, 0.1) is 11.8 Å². The molecule has 0 aliphatic carbocycles. The molecule has 0 spiro atoms. The second kappa shape index (κ2) is 9.79. The lowest BCUT2D eigenvalue weighted by Crippen LogP contribution is -2.11. The fourth-order valence-electron chi connectivity index (χ4n) is 1.86. The predicted molar refractivity (Wildman–Crippen MR) is 86.9 cm³/mol. The molecule has 0 aliphatic heterocycles. The van der Waals surface area contributed by atoms with Gasteiger partial charge in [0.25, 0.3) is 0 Å². The van der Waals surface area contributed by atoms with Crippen molar-refractivity contribution < 1.29 is 4.74 Å². The molecule has 0 amide bonds. The first-order valence-corrected chi connectivity index (χ1v) is 8.32. The SMILES string of the molecule is CC(C)CCOCCC(CCl)Cc1ccc(Br)cc1. The van der Waals surface area contributed by atoms with E-state index in [1.54, 1.807) is 0 Å². The van der Waals surface area contributed by atoms with Crippen LogP contribution in [0.4, 0.5) is 0 Å². The van der Waals surface area contributed by atoms with Crippen molar-refractivity contribution in [2.45, 2.75) is 33.1 Å². The van der Waals surface area contributed by atoms with Gasteiger partial charge in [-0.3, -0.25) is 0 Å². The van der Waals surface area contributed by atoms with Gasteiger partial charge >= 0.3 is 0 Å². The zero-order valence-corrected chi connectivity index (χ0v) is 14.2. The van der Waals surface area contributed by atoms with Gasteiger partial charge in [-0.15, -0.1) is 11.6 Å². The molecule has 19 heavy (non-hydrogen) atoms. The molecule has 0 radical (unpaired) electrons. The summed E-state index contributed by atoms with van der Waals surface area (Å²) in [6.07, 6.45) is 3.21. The third-order valence-corrected chi connectivity index (χ3v) is 4.13. The van der Waals surface area contributed by atoms with Crippen LogP contribution in [0.15, 0.2) is 28.7 Å². The quantitative estimate of drug-likeness (QED) is 0.435. The number of alkyl halides is 1. The maximum absolute atomic E-state index is 6.05. The minimum Gasteiger partial charge on any atom is -0.381 e. The molecule has 0 fully saturated rings. The highest BCUT2D eigenvalue weighted by atomic mass is 79.9. The summed E-state index contributed by atoms with van der Waals surface area (Å²) >= 11 is 9.50. The monoisotopic (exact) mass is 346 g/mol. The van der Waals surface area contributed by atoms with Gasteiger partial charge in [0.1, 0.15) is 0 Å². The van der Waals surface area contributed by atoms with Crippen molar-refractivity contribution in [2.24, 2.45) is 11.8 Å². The van der Waals surface area contributed by atoms with Crippen molar-refractivity contribution in [3.05, 3.63) is 34.3 Å². The van der Waals surface area contributed by atoms with E-state index in [0.717, 1.165) is 36.9 Å². The average Bonchev–Trinajstić information content (AvgIpc) is 2.39. The molecular formula is C16H24BrClO. The van der Waals surface area contributed by atoms with Gasteiger partial charge in [-0.25, -0.2) is 0 Å². The van der Waals surface area contributed by atoms with Gasteiger partial charge in [-0.05, 0) is 48.8 Å². The summed E-state index contributed by atoms with van der Waals surface area (Å²) in [5.74, 6) is 1.91. The highest BCUT2D eigenvalue weighted by Gasteiger charge is 2.08. The summed E-state index contributed by atoms with van der Waals surface area (Å²) in [6, 6.07) is 8.48. The molecule has 1 rings (SSSR count). The third kappa shape index (κ3) is 7.96. The van der Waals surface area contributed by atoms with E-state index in [-0.39, 0.29) is 0 Å². The van der Waals surface area contributed by atoms with Crippen LogP contribution in [0.3, 0.4) is 0 Å². The van der Waals surface area contributed by atoms with Crippen molar-refractivity contribution in [2.75, 3.05) is 19.1 Å². The summed E-state index contributed by atoms with van der Waals surface area (Å²) in [4.78, 5) is 0. The van der Waals surface area contributed by atoms with E-state index in [0.29, 0.717) is 17.7 Å². The number of hydrogen-bond acceptors (Lipinski definition) is 1. The van der Waals surface area contributed by atoms with Gasteiger partial charge in [0.15, 0.2) is 0 Å². The van der Waals surface area contributed by atoms with Crippen molar-refractivity contribution in [3.63, 3.8) is 0 Å². The Kier molecular flexibility index (Phi) is 8.76. The molecule has 1 aromatic carbocycles. The summed E-state index contributed by atoms with van der Waals surface area (Å²) < 4.78 is 6.79. The van der Waals surface area contributed by atoms with Crippen LogP contribution in [0.1, 0.15) is 32.3 Å². The fraction of sp³-hybridized carbons (Fsp3) is 0.625. The second-order valence-electron chi connectivity index (χ2n) is 5.43. The molecule has 1 unspecified atom stereocenters. The standard InChI is InChI=1S/C16H24BrClO/c1-13(2)7-9-19-10-8-15(12-18)11-14-3-5-16(17)6-4-14/h3-6,13,15H,7-12H2,1-2H3. The molecule has 1 nitrogen and oxygen atoms in total. The Balaban J connectivity index is 2.24. The lowest BCUT2D eigenvalue weighted by atomic mass is 9.98. The maximum Gasteiger partial charge on any atom is 0.0469 e. The fourth-order valence-corrected chi connectivity index (χ4v) is 2.39. The van der Waals surface area contributed by atoms with E-state index in [9.17, 15) is 0 Å².